The van der Waals surface area contributed by atoms with Crippen LogP contribution in [-0.4, -0.2) is 25.4 Å². The topological polar surface area (TPSA) is 97.4 Å². The van der Waals surface area contributed by atoms with Crippen molar-refractivity contribution in [3.05, 3.63) is 78.6 Å². The number of nitrogens with one attached hydrogen (secondary N) is 2. The van der Waals surface area contributed by atoms with Gasteiger partial charge in [-0.1, -0.05) is 12.1 Å². The molecule has 0 bridgehead atoms. The summed E-state index contributed by atoms with van der Waals surface area (Å²) in [6.45, 7) is 3.59. The predicted octanol–water partition coefficient (Wildman–Crippen LogP) is 3.60. The van der Waals surface area contributed by atoms with Crippen molar-refractivity contribution in [3.63, 3.8) is 0 Å². The second-order valence-corrected chi connectivity index (χ2v) is 8.12. The average Bonchev–Trinajstić information content (AvgIpc) is 2.69. The van der Waals surface area contributed by atoms with Gasteiger partial charge in [-0.3, -0.25) is 14.5 Å². The van der Waals surface area contributed by atoms with Crippen LogP contribution in [0.25, 0.3) is 0 Å². The summed E-state index contributed by atoms with van der Waals surface area (Å²) < 4.78 is 33.0. The van der Waals surface area contributed by atoms with Crippen LogP contribution in [0.5, 0.6) is 5.75 Å². The Labute approximate surface area is 169 Å². The number of carbonyl (C=O) groups excluding carboxylic acids is 1. The van der Waals surface area contributed by atoms with Crippen molar-refractivity contribution < 1.29 is 17.9 Å². The number of hydrogen-bond donors (Lipinski definition) is 2. The van der Waals surface area contributed by atoms with Gasteiger partial charge in [-0.15, -0.1) is 0 Å². The van der Waals surface area contributed by atoms with Crippen molar-refractivity contribution >= 4 is 27.3 Å². The van der Waals surface area contributed by atoms with E-state index < -0.39 is 16.1 Å². The Morgan fingerprint density at radius 3 is 2.45 bits per heavy atom. The van der Waals surface area contributed by atoms with Crippen molar-refractivity contribution in [1.82, 2.24) is 4.98 Å². The Hall–Kier alpha value is -3.39. The Bertz CT molecular complexity index is 1080. The lowest BCUT2D eigenvalue weighted by Crippen LogP contribution is -2.30. The fourth-order valence-corrected chi connectivity index (χ4v) is 3.59. The van der Waals surface area contributed by atoms with Gasteiger partial charge >= 0.3 is 0 Å². The van der Waals surface area contributed by atoms with Crippen molar-refractivity contribution in [3.8, 4) is 5.75 Å². The molecule has 1 unspecified atom stereocenters. The maximum atomic E-state index is 12.4. The second-order valence-electron chi connectivity index (χ2n) is 6.44. The van der Waals surface area contributed by atoms with Crippen molar-refractivity contribution in [2.75, 3.05) is 10.0 Å². The van der Waals surface area contributed by atoms with Crippen LogP contribution in [0, 0.1) is 6.92 Å². The van der Waals surface area contributed by atoms with E-state index in [0.29, 0.717) is 17.1 Å². The van der Waals surface area contributed by atoms with Gasteiger partial charge in [0, 0.05) is 11.9 Å². The number of benzene rings is 2. The van der Waals surface area contributed by atoms with Crippen LogP contribution in [0.4, 0.5) is 11.4 Å². The molecule has 29 heavy (non-hydrogen) atoms. The standard InChI is InChI=1S/C21H21N3O4S/c1-15-5-3-7-19(13-15)28-16(2)21(25)23-17-8-10-20(11-9-17)29(26,27)24-18-6-4-12-22-14-18/h3-14,16,24H,1-2H3,(H,23,25). The molecule has 0 fully saturated rings. The Kier molecular flexibility index (Phi) is 6.13. The fourth-order valence-electron chi connectivity index (χ4n) is 2.54. The molecule has 2 N–H and O–H groups in total. The molecule has 150 valence electrons. The summed E-state index contributed by atoms with van der Waals surface area (Å²) in [5, 5.41) is 2.72. The van der Waals surface area contributed by atoms with Gasteiger partial charge < -0.3 is 10.1 Å². The van der Waals surface area contributed by atoms with E-state index in [-0.39, 0.29) is 10.8 Å². The zero-order chi connectivity index (χ0) is 20.9. The lowest BCUT2D eigenvalue weighted by molar-refractivity contribution is -0.122. The van der Waals surface area contributed by atoms with Crippen LogP contribution in [0.2, 0.25) is 0 Å². The number of sulfonamides is 1. The molecule has 2 aromatic carbocycles. The Morgan fingerprint density at radius 2 is 1.79 bits per heavy atom. The first-order chi connectivity index (χ1) is 13.8. The van der Waals surface area contributed by atoms with Gasteiger partial charge in [-0.05, 0) is 67.9 Å². The van der Waals surface area contributed by atoms with Crippen LogP contribution >= 0.6 is 0 Å². The maximum absolute atomic E-state index is 12.4. The smallest absolute Gasteiger partial charge is 0.265 e. The summed E-state index contributed by atoms with van der Waals surface area (Å²) in [6, 6.07) is 16.5. The molecule has 0 saturated heterocycles. The van der Waals surface area contributed by atoms with E-state index in [4.69, 9.17) is 4.74 Å². The van der Waals surface area contributed by atoms with Gasteiger partial charge in [-0.2, -0.15) is 0 Å². The largest absolute Gasteiger partial charge is 0.481 e. The quantitative estimate of drug-likeness (QED) is 0.619. The zero-order valence-corrected chi connectivity index (χ0v) is 16.8. The van der Waals surface area contributed by atoms with E-state index in [1.165, 1.54) is 30.5 Å². The number of anilines is 2. The van der Waals surface area contributed by atoms with Gasteiger partial charge in [0.15, 0.2) is 6.10 Å². The van der Waals surface area contributed by atoms with Gasteiger partial charge in [0.05, 0.1) is 16.8 Å². The van der Waals surface area contributed by atoms with E-state index in [1.54, 1.807) is 31.3 Å². The third-order valence-corrected chi connectivity index (χ3v) is 5.41. The van der Waals surface area contributed by atoms with Gasteiger partial charge in [-0.25, -0.2) is 8.42 Å². The molecule has 1 heterocycles. The summed E-state index contributed by atoms with van der Waals surface area (Å²) in [7, 11) is -3.75. The van der Waals surface area contributed by atoms with Crippen LogP contribution in [0.15, 0.2) is 78.0 Å². The highest BCUT2D eigenvalue weighted by molar-refractivity contribution is 7.92. The van der Waals surface area contributed by atoms with Crippen molar-refractivity contribution in [2.45, 2.75) is 24.8 Å². The predicted molar refractivity (Wildman–Crippen MR) is 111 cm³/mol. The van der Waals surface area contributed by atoms with Gasteiger partial charge in [0.2, 0.25) is 0 Å². The molecule has 0 aliphatic carbocycles. The molecule has 0 saturated carbocycles. The first kappa shape index (κ1) is 20.3. The summed E-state index contributed by atoms with van der Waals surface area (Å²) in [5.41, 5.74) is 1.87. The van der Waals surface area contributed by atoms with Gasteiger partial charge in [0.1, 0.15) is 5.75 Å². The van der Waals surface area contributed by atoms with E-state index in [1.807, 2.05) is 25.1 Å². The maximum Gasteiger partial charge on any atom is 0.265 e. The lowest BCUT2D eigenvalue weighted by Gasteiger charge is -2.15. The van der Waals surface area contributed by atoms with E-state index in [9.17, 15) is 13.2 Å². The molecule has 0 spiro atoms. The van der Waals surface area contributed by atoms with E-state index in [2.05, 4.69) is 15.0 Å². The average molecular weight is 411 g/mol. The molecule has 1 amide bonds. The van der Waals surface area contributed by atoms with Crippen molar-refractivity contribution in [1.29, 1.82) is 0 Å². The van der Waals surface area contributed by atoms with Crippen LogP contribution in [-0.2, 0) is 14.8 Å². The minimum Gasteiger partial charge on any atom is -0.481 e. The summed E-state index contributed by atoms with van der Waals surface area (Å²) >= 11 is 0. The highest BCUT2D eigenvalue weighted by atomic mass is 32.2. The molecule has 0 aliphatic rings. The number of pyridine rings is 1. The number of nitrogens with zero attached hydrogens (tertiary/aromatic N) is 1. The second kappa shape index (κ2) is 8.74. The number of carbonyl (C=O) groups is 1. The molecule has 7 nitrogen and oxygen atoms in total. The van der Waals surface area contributed by atoms with Crippen LogP contribution in [0.1, 0.15) is 12.5 Å². The normalized spacial score (nSPS) is 12.1. The highest BCUT2D eigenvalue weighted by Gasteiger charge is 2.17. The Balaban J connectivity index is 1.63. The first-order valence-corrected chi connectivity index (χ1v) is 10.4. The number of amides is 1. The zero-order valence-electron chi connectivity index (χ0n) is 16.0. The molecule has 0 radical (unpaired) electrons. The van der Waals surface area contributed by atoms with Crippen LogP contribution in [0.3, 0.4) is 0 Å². The first-order valence-electron chi connectivity index (χ1n) is 8.90. The summed E-state index contributed by atoms with van der Waals surface area (Å²) in [4.78, 5) is 16.3. The minimum atomic E-state index is -3.75. The SMILES string of the molecule is Cc1cccc(OC(C)C(=O)Nc2ccc(S(=O)(=O)Nc3cccnc3)cc2)c1. The van der Waals surface area contributed by atoms with Crippen molar-refractivity contribution in [2.24, 2.45) is 0 Å². The third kappa shape index (κ3) is 5.55. The molecule has 3 aromatic rings. The van der Waals surface area contributed by atoms with E-state index in [0.717, 1.165) is 5.56 Å². The number of rotatable bonds is 7. The minimum absolute atomic E-state index is 0.0726. The molecule has 8 heteroatoms. The third-order valence-electron chi connectivity index (χ3n) is 4.02. The molecule has 3 rings (SSSR count). The highest BCUT2D eigenvalue weighted by Crippen LogP contribution is 2.19. The fraction of sp³-hybridized carbons (Fsp3) is 0.143. The molecule has 1 aromatic heterocycles. The molecule has 0 aliphatic heterocycles. The molecule has 1 atom stereocenters. The lowest BCUT2D eigenvalue weighted by atomic mass is 10.2. The summed E-state index contributed by atoms with van der Waals surface area (Å²) in [5.74, 6) is 0.270. The number of hydrogen-bond acceptors (Lipinski definition) is 5. The number of aromatic nitrogens is 1. The summed E-state index contributed by atoms with van der Waals surface area (Å²) in [6.07, 6.45) is 2.26. The Morgan fingerprint density at radius 1 is 1.03 bits per heavy atom. The number of aryl methyl sites for hydroxylation is 1. The van der Waals surface area contributed by atoms with Gasteiger partial charge in [0.25, 0.3) is 15.9 Å². The monoisotopic (exact) mass is 411 g/mol. The molecular formula is C21H21N3O4S. The molecular weight excluding hydrogens is 390 g/mol. The number of ether oxygens (including phenoxy) is 1. The van der Waals surface area contributed by atoms with Crippen LogP contribution < -0.4 is 14.8 Å². The van der Waals surface area contributed by atoms with E-state index >= 15 is 0 Å².